The zero-order valence-electron chi connectivity index (χ0n) is 9.82. The van der Waals surface area contributed by atoms with Gasteiger partial charge >= 0.3 is 0 Å². The summed E-state index contributed by atoms with van der Waals surface area (Å²) in [6.07, 6.45) is 0. The highest BCUT2D eigenvalue weighted by molar-refractivity contribution is 5.40. The maximum Gasteiger partial charge on any atom is 0.127 e. The second-order valence-electron chi connectivity index (χ2n) is 3.31. The molecule has 0 amide bonds. The largest absolute Gasteiger partial charge is 0.497 e. The smallest absolute Gasteiger partial charge is 0.127 e. The lowest BCUT2D eigenvalue weighted by atomic mass is 10.2. The van der Waals surface area contributed by atoms with E-state index in [1.54, 1.807) is 7.11 Å². The summed E-state index contributed by atoms with van der Waals surface area (Å²) in [4.78, 5) is 0. The van der Waals surface area contributed by atoms with E-state index in [2.05, 4.69) is 5.32 Å². The van der Waals surface area contributed by atoms with Crippen LogP contribution in [0.3, 0.4) is 0 Å². The minimum Gasteiger partial charge on any atom is -0.497 e. The van der Waals surface area contributed by atoms with Crippen molar-refractivity contribution in [2.75, 3.05) is 26.9 Å². The van der Waals surface area contributed by atoms with Crippen LogP contribution in [0.5, 0.6) is 11.5 Å². The SMILES string of the molecule is CCOc1cc(OC)ccc1CNCCO. The van der Waals surface area contributed by atoms with Crippen LogP contribution in [0.15, 0.2) is 18.2 Å². The molecular weight excluding hydrogens is 206 g/mol. The van der Waals surface area contributed by atoms with Gasteiger partial charge in [-0.05, 0) is 13.0 Å². The van der Waals surface area contributed by atoms with E-state index in [-0.39, 0.29) is 6.61 Å². The number of aliphatic hydroxyl groups is 1. The van der Waals surface area contributed by atoms with Crippen molar-refractivity contribution in [1.82, 2.24) is 5.32 Å². The summed E-state index contributed by atoms with van der Waals surface area (Å²) in [6.45, 7) is 3.97. The molecule has 0 aliphatic rings. The molecule has 1 aromatic rings. The van der Waals surface area contributed by atoms with Crippen molar-refractivity contribution in [2.24, 2.45) is 0 Å². The van der Waals surface area contributed by atoms with Gasteiger partial charge in [-0.2, -0.15) is 0 Å². The zero-order chi connectivity index (χ0) is 11.8. The molecule has 0 atom stereocenters. The van der Waals surface area contributed by atoms with Crippen molar-refractivity contribution < 1.29 is 14.6 Å². The number of methoxy groups -OCH3 is 1. The third-order valence-electron chi connectivity index (χ3n) is 2.18. The molecule has 0 radical (unpaired) electrons. The predicted octanol–water partition coefficient (Wildman–Crippen LogP) is 1.18. The maximum atomic E-state index is 8.69. The van der Waals surface area contributed by atoms with E-state index < -0.39 is 0 Å². The summed E-state index contributed by atoms with van der Waals surface area (Å²) in [5.41, 5.74) is 1.07. The van der Waals surface area contributed by atoms with Crippen molar-refractivity contribution >= 4 is 0 Å². The van der Waals surface area contributed by atoms with Crippen LogP contribution < -0.4 is 14.8 Å². The number of benzene rings is 1. The van der Waals surface area contributed by atoms with Crippen molar-refractivity contribution in [1.29, 1.82) is 0 Å². The highest BCUT2D eigenvalue weighted by atomic mass is 16.5. The Labute approximate surface area is 96.2 Å². The molecule has 90 valence electrons. The van der Waals surface area contributed by atoms with Gasteiger partial charge in [0.25, 0.3) is 0 Å². The third-order valence-corrected chi connectivity index (χ3v) is 2.18. The average Bonchev–Trinajstić information content (AvgIpc) is 2.31. The summed E-state index contributed by atoms with van der Waals surface area (Å²) in [5.74, 6) is 1.61. The first-order valence-electron chi connectivity index (χ1n) is 5.43. The van der Waals surface area contributed by atoms with Gasteiger partial charge in [-0.3, -0.25) is 0 Å². The molecule has 4 nitrogen and oxygen atoms in total. The van der Waals surface area contributed by atoms with Crippen molar-refractivity contribution in [3.8, 4) is 11.5 Å². The molecule has 0 bridgehead atoms. The molecule has 0 aromatic heterocycles. The molecule has 0 saturated heterocycles. The number of hydrogen-bond donors (Lipinski definition) is 2. The third kappa shape index (κ3) is 3.72. The van der Waals surface area contributed by atoms with Crippen LogP contribution in [-0.4, -0.2) is 32.0 Å². The average molecular weight is 225 g/mol. The van der Waals surface area contributed by atoms with Gasteiger partial charge in [-0.15, -0.1) is 0 Å². The molecule has 0 heterocycles. The lowest BCUT2D eigenvalue weighted by Gasteiger charge is -2.12. The molecule has 1 aromatic carbocycles. The van der Waals surface area contributed by atoms with E-state index in [9.17, 15) is 0 Å². The molecule has 1 rings (SSSR count). The van der Waals surface area contributed by atoms with Gasteiger partial charge < -0.3 is 19.9 Å². The number of hydrogen-bond acceptors (Lipinski definition) is 4. The van der Waals surface area contributed by atoms with E-state index in [0.29, 0.717) is 19.7 Å². The van der Waals surface area contributed by atoms with Gasteiger partial charge in [-0.1, -0.05) is 6.07 Å². The highest BCUT2D eigenvalue weighted by Crippen LogP contribution is 2.24. The molecule has 0 aliphatic heterocycles. The minimum absolute atomic E-state index is 0.139. The fraction of sp³-hybridized carbons (Fsp3) is 0.500. The highest BCUT2D eigenvalue weighted by Gasteiger charge is 2.04. The molecule has 0 spiro atoms. The standard InChI is InChI=1S/C12H19NO3/c1-3-16-12-8-11(15-2)5-4-10(12)9-13-6-7-14/h4-5,8,13-14H,3,6-7,9H2,1-2H3. The molecule has 0 aliphatic carbocycles. The Morgan fingerprint density at radius 3 is 2.81 bits per heavy atom. The molecule has 4 heteroatoms. The van der Waals surface area contributed by atoms with Crippen LogP contribution in [0.4, 0.5) is 0 Å². The summed E-state index contributed by atoms with van der Waals surface area (Å²) in [5, 5.41) is 11.8. The fourth-order valence-corrected chi connectivity index (χ4v) is 1.40. The number of rotatable bonds is 7. The van der Waals surface area contributed by atoms with E-state index >= 15 is 0 Å². The quantitative estimate of drug-likeness (QED) is 0.684. The molecular formula is C12H19NO3. The summed E-state index contributed by atoms with van der Waals surface area (Å²) >= 11 is 0. The van der Waals surface area contributed by atoms with Gasteiger partial charge in [0.15, 0.2) is 0 Å². The molecule has 2 N–H and O–H groups in total. The second-order valence-corrected chi connectivity index (χ2v) is 3.31. The number of nitrogens with one attached hydrogen (secondary N) is 1. The Bertz CT molecular complexity index is 315. The first-order valence-corrected chi connectivity index (χ1v) is 5.43. The van der Waals surface area contributed by atoms with E-state index in [1.807, 2.05) is 25.1 Å². The van der Waals surface area contributed by atoms with Gasteiger partial charge in [0.2, 0.25) is 0 Å². The van der Waals surface area contributed by atoms with Gasteiger partial charge in [0, 0.05) is 24.7 Å². The van der Waals surface area contributed by atoms with Crippen molar-refractivity contribution in [2.45, 2.75) is 13.5 Å². The van der Waals surface area contributed by atoms with Crippen LogP contribution in [0.1, 0.15) is 12.5 Å². The Kier molecular flexibility index (Phi) is 5.67. The van der Waals surface area contributed by atoms with E-state index in [4.69, 9.17) is 14.6 Å². The molecule has 16 heavy (non-hydrogen) atoms. The zero-order valence-corrected chi connectivity index (χ0v) is 9.82. The number of aliphatic hydroxyl groups excluding tert-OH is 1. The Balaban J connectivity index is 2.72. The normalized spacial score (nSPS) is 10.2. The number of ether oxygens (including phenoxy) is 2. The first kappa shape index (κ1) is 12.8. The van der Waals surface area contributed by atoms with Crippen LogP contribution in [0.25, 0.3) is 0 Å². The van der Waals surface area contributed by atoms with E-state index in [0.717, 1.165) is 17.1 Å². The van der Waals surface area contributed by atoms with Crippen molar-refractivity contribution in [3.63, 3.8) is 0 Å². The summed E-state index contributed by atoms with van der Waals surface area (Å²) < 4.78 is 10.7. The predicted molar refractivity (Wildman–Crippen MR) is 63.0 cm³/mol. The Morgan fingerprint density at radius 1 is 1.38 bits per heavy atom. The second kappa shape index (κ2) is 7.09. The summed E-state index contributed by atoms with van der Waals surface area (Å²) in [6, 6.07) is 5.74. The van der Waals surface area contributed by atoms with Gasteiger partial charge in [0.1, 0.15) is 11.5 Å². The van der Waals surface area contributed by atoms with Crippen molar-refractivity contribution in [3.05, 3.63) is 23.8 Å². The lowest BCUT2D eigenvalue weighted by molar-refractivity contribution is 0.290. The van der Waals surface area contributed by atoms with Gasteiger partial charge in [-0.25, -0.2) is 0 Å². The maximum absolute atomic E-state index is 8.69. The first-order chi connectivity index (χ1) is 7.81. The molecule has 0 saturated carbocycles. The monoisotopic (exact) mass is 225 g/mol. The Hall–Kier alpha value is -1.26. The van der Waals surface area contributed by atoms with Gasteiger partial charge in [0.05, 0.1) is 20.3 Å². The van der Waals surface area contributed by atoms with Crippen LogP contribution in [0.2, 0.25) is 0 Å². The van der Waals surface area contributed by atoms with Crippen LogP contribution >= 0.6 is 0 Å². The van der Waals surface area contributed by atoms with E-state index in [1.165, 1.54) is 0 Å². The molecule has 0 fully saturated rings. The molecule has 0 unspecified atom stereocenters. The minimum atomic E-state index is 0.139. The van der Waals surface area contributed by atoms with Crippen LogP contribution in [-0.2, 0) is 6.54 Å². The lowest BCUT2D eigenvalue weighted by Crippen LogP contribution is -2.18. The summed E-state index contributed by atoms with van der Waals surface area (Å²) in [7, 11) is 1.63. The van der Waals surface area contributed by atoms with Crippen LogP contribution in [0, 0.1) is 0 Å². The topological polar surface area (TPSA) is 50.7 Å². The fourth-order valence-electron chi connectivity index (χ4n) is 1.40. The Morgan fingerprint density at radius 2 is 2.19 bits per heavy atom.